The van der Waals surface area contributed by atoms with Gasteiger partial charge in [-0.1, -0.05) is 25.3 Å². The number of carbonyl (C=O) groups excluding carboxylic acids is 1. The quantitative estimate of drug-likeness (QED) is 0.356. The van der Waals surface area contributed by atoms with Crippen LogP contribution in [0.25, 0.3) is 6.08 Å². The van der Waals surface area contributed by atoms with E-state index in [0.717, 1.165) is 21.8 Å². The molecule has 0 spiro atoms. The van der Waals surface area contributed by atoms with E-state index in [4.69, 9.17) is 4.74 Å². The van der Waals surface area contributed by atoms with E-state index in [9.17, 15) is 4.79 Å². The summed E-state index contributed by atoms with van der Waals surface area (Å²) in [7, 11) is 0. The summed E-state index contributed by atoms with van der Waals surface area (Å²) in [5.41, 5.74) is 0.922. The summed E-state index contributed by atoms with van der Waals surface area (Å²) in [5.74, 6) is -0.415. The summed E-state index contributed by atoms with van der Waals surface area (Å²) in [4.78, 5) is 16.3. The lowest BCUT2D eigenvalue weighted by molar-refractivity contribution is -0.137. The number of rotatable bonds is 7. The molecule has 0 aromatic carbocycles. The molecule has 1 heterocycles. The summed E-state index contributed by atoms with van der Waals surface area (Å²) >= 11 is 1.56. The van der Waals surface area contributed by atoms with Crippen molar-refractivity contribution in [1.82, 2.24) is 4.98 Å². The molecular formula is C13H16N2O2S. The molecular weight excluding hydrogens is 248 g/mol. The molecule has 0 saturated heterocycles. The molecule has 1 rings (SSSR count). The second-order valence-corrected chi connectivity index (χ2v) is 4.56. The third kappa shape index (κ3) is 4.55. The summed E-state index contributed by atoms with van der Waals surface area (Å²) < 4.78 is 4.84. The van der Waals surface area contributed by atoms with Crippen LogP contribution in [0, 0.1) is 6.92 Å². The van der Waals surface area contributed by atoms with Crippen LogP contribution >= 0.6 is 11.3 Å². The van der Waals surface area contributed by atoms with Crippen molar-refractivity contribution in [2.24, 2.45) is 0 Å². The van der Waals surface area contributed by atoms with E-state index in [0.29, 0.717) is 13.2 Å². The lowest BCUT2D eigenvalue weighted by Gasteiger charge is -2.02. The molecule has 0 unspecified atom stereocenters. The lowest BCUT2D eigenvalue weighted by Crippen LogP contribution is -2.12. The summed E-state index contributed by atoms with van der Waals surface area (Å²) in [6.45, 7) is 9.76. The predicted octanol–water partition coefficient (Wildman–Crippen LogP) is 2.79. The van der Waals surface area contributed by atoms with Gasteiger partial charge in [-0.2, -0.15) is 0 Å². The number of nitrogens with zero attached hydrogens (tertiary/aromatic N) is 1. The van der Waals surface area contributed by atoms with Gasteiger partial charge in [0.25, 0.3) is 0 Å². The monoisotopic (exact) mass is 264 g/mol. The van der Waals surface area contributed by atoms with Gasteiger partial charge in [0.2, 0.25) is 0 Å². The minimum absolute atomic E-state index is 0.293. The van der Waals surface area contributed by atoms with Crippen molar-refractivity contribution < 1.29 is 9.53 Å². The van der Waals surface area contributed by atoms with Crippen molar-refractivity contribution in [2.45, 2.75) is 6.92 Å². The molecule has 1 aromatic rings. The van der Waals surface area contributed by atoms with Crippen LogP contribution in [0.4, 0.5) is 5.13 Å². The first kappa shape index (κ1) is 14.2. The number of nitrogens with one attached hydrogen (secondary N) is 1. The van der Waals surface area contributed by atoms with E-state index in [1.54, 1.807) is 17.4 Å². The zero-order valence-corrected chi connectivity index (χ0v) is 11.1. The van der Waals surface area contributed by atoms with Crippen molar-refractivity contribution in [2.75, 3.05) is 18.5 Å². The molecule has 0 amide bonds. The minimum atomic E-state index is -0.415. The fraction of sp³-hybridized carbons (Fsp3) is 0.231. The minimum Gasteiger partial charge on any atom is -0.461 e. The molecule has 0 atom stereocenters. The molecule has 0 aliphatic heterocycles. The van der Waals surface area contributed by atoms with Crippen molar-refractivity contribution >= 4 is 28.5 Å². The third-order valence-electron chi connectivity index (χ3n) is 2.01. The average molecular weight is 264 g/mol. The van der Waals surface area contributed by atoms with E-state index in [1.165, 1.54) is 0 Å². The Hall–Kier alpha value is -1.88. The fourth-order valence-corrected chi connectivity index (χ4v) is 1.99. The number of hydrogen-bond acceptors (Lipinski definition) is 5. The normalized spacial score (nSPS) is 10.3. The lowest BCUT2D eigenvalue weighted by atomic mass is 10.3. The second kappa shape index (κ2) is 7.45. The number of ether oxygens (including phenoxy) is 1. The highest BCUT2D eigenvalue weighted by molar-refractivity contribution is 7.15. The topological polar surface area (TPSA) is 51.2 Å². The van der Waals surface area contributed by atoms with Gasteiger partial charge in [-0.05, 0) is 13.0 Å². The zero-order chi connectivity index (χ0) is 13.4. The van der Waals surface area contributed by atoms with Gasteiger partial charge < -0.3 is 10.1 Å². The van der Waals surface area contributed by atoms with Crippen LogP contribution in [0.2, 0.25) is 0 Å². The molecule has 1 N–H and O–H groups in total. The van der Waals surface area contributed by atoms with Gasteiger partial charge in [-0.15, -0.1) is 11.3 Å². The Bertz CT molecular complexity index is 464. The van der Waals surface area contributed by atoms with Gasteiger partial charge in [0.1, 0.15) is 6.61 Å². The van der Waals surface area contributed by atoms with Crippen LogP contribution in [0.15, 0.2) is 31.4 Å². The maximum Gasteiger partial charge on any atom is 0.330 e. The van der Waals surface area contributed by atoms with Gasteiger partial charge in [0.15, 0.2) is 5.13 Å². The van der Waals surface area contributed by atoms with Gasteiger partial charge in [0, 0.05) is 11.0 Å². The van der Waals surface area contributed by atoms with Crippen molar-refractivity contribution in [3.05, 3.63) is 42.0 Å². The second-order valence-electron chi connectivity index (χ2n) is 3.35. The number of hydrogen-bond donors (Lipinski definition) is 1. The molecule has 96 valence electrons. The average Bonchev–Trinajstić information content (AvgIpc) is 2.72. The molecule has 0 fully saturated rings. The molecule has 0 radical (unpaired) electrons. The Morgan fingerprint density at radius 1 is 1.56 bits per heavy atom. The van der Waals surface area contributed by atoms with Crippen LogP contribution < -0.4 is 5.32 Å². The van der Waals surface area contributed by atoms with E-state index in [-0.39, 0.29) is 0 Å². The summed E-state index contributed by atoms with van der Waals surface area (Å²) in [6, 6.07) is 0. The number of esters is 1. The van der Waals surface area contributed by atoms with Crippen LogP contribution in [-0.2, 0) is 9.53 Å². The Kier molecular flexibility index (Phi) is 5.87. The number of aryl methyl sites for hydroxylation is 1. The predicted molar refractivity (Wildman–Crippen MR) is 75.7 cm³/mol. The van der Waals surface area contributed by atoms with Gasteiger partial charge >= 0.3 is 5.97 Å². The van der Waals surface area contributed by atoms with Crippen molar-refractivity contribution in [1.29, 1.82) is 0 Å². The molecule has 0 aliphatic rings. The first-order chi connectivity index (χ1) is 8.67. The van der Waals surface area contributed by atoms with Crippen LogP contribution in [-0.4, -0.2) is 24.1 Å². The maximum atomic E-state index is 10.8. The van der Waals surface area contributed by atoms with Gasteiger partial charge in [-0.3, -0.25) is 0 Å². The number of anilines is 1. The Balaban J connectivity index is 2.43. The Morgan fingerprint density at radius 3 is 3.00 bits per heavy atom. The Morgan fingerprint density at radius 2 is 2.33 bits per heavy atom. The van der Waals surface area contributed by atoms with E-state index in [2.05, 4.69) is 23.5 Å². The van der Waals surface area contributed by atoms with Crippen molar-refractivity contribution in [3.8, 4) is 0 Å². The fourth-order valence-electron chi connectivity index (χ4n) is 1.17. The molecule has 0 saturated carbocycles. The number of thiazole rings is 1. The van der Waals surface area contributed by atoms with E-state index in [1.807, 2.05) is 19.1 Å². The SMILES string of the molecule is C=C/C=C\c1nc(NCCOC(=O)C=C)sc1C. The summed E-state index contributed by atoms with van der Waals surface area (Å²) in [6.07, 6.45) is 6.60. The highest BCUT2D eigenvalue weighted by atomic mass is 32.1. The number of allylic oxidation sites excluding steroid dienone is 2. The molecule has 1 aromatic heterocycles. The smallest absolute Gasteiger partial charge is 0.330 e. The van der Waals surface area contributed by atoms with E-state index >= 15 is 0 Å². The molecule has 4 nitrogen and oxygen atoms in total. The molecule has 0 aliphatic carbocycles. The number of carbonyl (C=O) groups is 1. The Labute approximate surface area is 111 Å². The first-order valence-electron chi connectivity index (χ1n) is 5.47. The largest absolute Gasteiger partial charge is 0.461 e. The first-order valence-corrected chi connectivity index (χ1v) is 6.28. The maximum absolute atomic E-state index is 10.8. The van der Waals surface area contributed by atoms with Gasteiger partial charge in [0.05, 0.1) is 12.2 Å². The third-order valence-corrected chi connectivity index (χ3v) is 2.96. The zero-order valence-electron chi connectivity index (χ0n) is 10.3. The standard InChI is InChI=1S/C13H16N2O2S/c1-4-6-7-11-10(3)18-13(15-11)14-8-9-17-12(16)5-2/h4-7H,1-2,8-9H2,3H3,(H,14,15)/b7-6-. The molecule has 0 bridgehead atoms. The van der Waals surface area contributed by atoms with Gasteiger partial charge in [-0.25, -0.2) is 9.78 Å². The molecule has 18 heavy (non-hydrogen) atoms. The van der Waals surface area contributed by atoms with Crippen LogP contribution in [0.5, 0.6) is 0 Å². The van der Waals surface area contributed by atoms with Crippen LogP contribution in [0.3, 0.4) is 0 Å². The molecule has 5 heteroatoms. The van der Waals surface area contributed by atoms with Crippen LogP contribution in [0.1, 0.15) is 10.6 Å². The number of aromatic nitrogens is 1. The van der Waals surface area contributed by atoms with Crippen molar-refractivity contribution in [3.63, 3.8) is 0 Å². The highest BCUT2D eigenvalue weighted by Gasteiger charge is 2.04. The van der Waals surface area contributed by atoms with E-state index < -0.39 is 5.97 Å². The highest BCUT2D eigenvalue weighted by Crippen LogP contribution is 2.22. The summed E-state index contributed by atoms with van der Waals surface area (Å²) in [5, 5.41) is 3.91.